The average molecular weight is 380 g/mol. The summed E-state index contributed by atoms with van der Waals surface area (Å²) in [5.74, 6) is 2.70. The first-order valence-electron chi connectivity index (χ1n) is 10.4. The average Bonchev–Trinajstić information content (AvgIpc) is 3.44. The fourth-order valence-electron chi connectivity index (χ4n) is 4.31. The standard InChI is InChI=1S/C22H28N4O2/c1-2-8-24(7-1)9-10-25-11-13-26(14-12-25)22-6-4-19(16-23-22)18-3-5-20-21(15-18)28-17-27-20/h3-6,15-16H,1-2,7-14,17H2. The van der Waals surface area contributed by atoms with Gasteiger partial charge in [-0.25, -0.2) is 4.98 Å². The van der Waals surface area contributed by atoms with Gasteiger partial charge in [-0.3, -0.25) is 4.90 Å². The van der Waals surface area contributed by atoms with Crippen molar-refractivity contribution in [3.05, 3.63) is 36.5 Å². The van der Waals surface area contributed by atoms with E-state index in [1.165, 1.54) is 39.0 Å². The predicted octanol–water partition coefficient (Wildman–Crippen LogP) is 2.70. The van der Waals surface area contributed by atoms with Gasteiger partial charge in [-0.2, -0.15) is 0 Å². The van der Waals surface area contributed by atoms with Gasteiger partial charge in [0.1, 0.15) is 5.82 Å². The molecule has 0 bridgehead atoms. The summed E-state index contributed by atoms with van der Waals surface area (Å²) in [4.78, 5) is 12.3. The molecule has 3 aliphatic rings. The molecule has 148 valence electrons. The van der Waals surface area contributed by atoms with Crippen molar-refractivity contribution in [2.45, 2.75) is 12.8 Å². The highest BCUT2D eigenvalue weighted by Gasteiger charge is 2.20. The minimum absolute atomic E-state index is 0.306. The molecule has 0 radical (unpaired) electrons. The van der Waals surface area contributed by atoms with Crippen LogP contribution in [0.1, 0.15) is 12.8 Å². The van der Waals surface area contributed by atoms with Crippen LogP contribution in [0.4, 0.5) is 5.82 Å². The normalized spacial score (nSPS) is 20.1. The van der Waals surface area contributed by atoms with E-state index in [0.29, 0.717) is 6.79 Å². The Morgan fingerprint density at radius 3 is 2.21 bits per heavy atom. The highest BCUT2D eigenvalue weighted by atomic mass is 16.7. The molecule has 28 heavy (non-hydrogen) atoms. The zero-order chi connectivity index (χ0) is 18.8. The Bertz CT molecular complexity index is 797. The van der Waals surface area contributed by atoms with Crippen LogP contribution >= 0.6 is 0 Å². The van der Waals surface area contributed by atoms with Crippen molar-refractivity contribution < 1.29 is 9.47 Å². The number of fused-ring (bicyclic) bond motifs is 1. The second-order valence-corrected chi connectivity index (χ2v) is 7.85. The van der Waals surface area contributed by atoms with Gasteiger partial charge in [-0.1, -0.05) is 6.07 Å². The van der Waals surface area contributed by atoms with Crippen LogP contribution in [0, 0.1) is 0 Å². The summed E-state index contributed by atoms with van der Waals surface area (Å²) >= 11 is 0. The number of aromatic nitrogens is 1. The molecule has 1 aromatic carbocycles. The van der Waals surface area contributed by atoms with Gasteiger partial charge in [-0.15, -0.1) is 0 Å². The predicted molar refractivity (Wildman–Crippen MR) is 110 cm³/mol. The lowest BCUT2D eigenvalue weighted by Gasteiger charge is -2.36. The number of pyridine rings is 1. The first kappa shape index (κ1) is 17.8. The number of piperazine rings is 1. The van der Waals surface area contributed by atoms with Crippen LogP contribution in [0.3, 0.4) is 0 Å². The number of anilines is 1. The van der Waals surface area contributed by atoms with Crippen molar-refractivity contribution in [1.82, 2.24) is 14.8 Å². The Labute approximate surface area is 166 Å². The zero-order valence-electron chi connectivity index (χ0n) is 16.3. The van der Waals surface area contributed by atoms with Crippen LogP contribution in [-0.4, -0.2) is 73.9 Å². The molecular weight excluding hydrogens is 352 g/mol. The molecule has 0 spiro atoms. The first-order valence-corrected chi connectivity index (χ1v) is 10.4. The van der Waals surface area contributed by atoms with Crippen LogP contribution < -0.4 is 14.4 Å². The van der Waals surface area contributed by atoms with Crippen molar-refractivity contribution in [1.29, 1.82) is 0 Å². The number of rotatable bonds is 5. The van der Waals surface area contributed by atoms with Crippen LogP contribution in [-0.2, 0) is 0 Å². The highest BCUT2D eigenvalue weighted by molar-refractivity contribution is 5.67. The number of hydrogen-bond donors (Lipinski definition) is 0. The van der Waals surface area contributed by atoms with Gasteiger partial charge in [0.2, 0.25) is 6.79 Å². The molecule has 0 unspecified atom stereocenters. The topological polar surface area (TPSA) is 41.1 Å². The third kappa shape index (κ3) is 3.80. The third-order valence-corrected chi connectivity index (χ3v) is 6.08. The molecule has 0 saturated carbocycles. The molecule has 0 aliphatic carbocycles. The SMILES string of the molecule is c1cc(N2CCN(CCN3CCCC3)CC2)ncc1-c1ccc2c(c1)OCO2. The van der Waals surface area contributed by atoms with E-state index in [2.05, 4.69) is 32.9 Å². The van der Waals surface area contributed by atoms with Crippen molar-refractivity contribution in [2.75, 3.05) is 64.1 Å². The number of benzene rings is 1. The van der Waals surface area contributed by atoms with E-state index in [1.807, 2.05) is 18.3 Å². The maximum absolute atomic E-state index is 5.48. The zero-order valence-corrected chi connectivity index (χ0v) is 16.3. The smallest absolute Gasteiger partial charge is 0.231 e. The molecule has 1 aromatic heterocycles. The van der Waals surface area contributed by atoms with Gasteiger partial charge in [0.05, 0.1) is 0 Å². The molecule has 4 heterocycles. The van der Waals surface area contributed by atoms with Crippen LogP contribution in [0.25, 0.3) is 11.1 Å². The minimum atomic E-state index is 0.306. The Hall–Kier alpha value is -2.31. The van der Waals surface area contributed by atoms with E-state index in [1.54, 1.807) is 0 Å². The van der Waals surface area contributed by atoms with Gasteiger partial charge >= 0.3 is 0 Å². The second kappa shape index (κ2) is 7.97. The molecule has 2 aromatic rings. The summed E-state index contributed by atoms with van der Waals surface area (Å²) in [6.07, 6.45) is 4.72. The molecule has 0 atom stereocenters. The molecule has 5 rings (SSSR count). The monoisotopic (exact) mass is 380 g/mol. The highest BCUT2D eigenvalue weighted by Crippen LogP contribution is 2.35. The van der Waals surface area contributed by atoms with E-state index >= 15 is 0 Å². The summed E-state index contributed by atoms with van der Waals surface area (Å²) in [6, 6.07) is 10.3. The summed E-state index contributed by atoms with van der Waals surface area (Å²) in [6.45, 7) is 9.66. The lowest BCUT2D eigenvalue weighted by molar-refractivity contribution is 0.174. The summed E-state index contributed by atoms with van der Waals surface area (Å²) in [7, 11) is 0. The Morgan fingerprint density at radius 2 is 1.46 bits per heavy atom. The number of likely N-dealkylation sites (tertiary alicyclic amines) is 1. The first-order chi connectivity index (χ1) is 13.8. The lowest BCUT2D eigenvalue weighted by atomic mass is 10.1. The van der Waals surface area contributed by atoms with E-state index in [9.17, 15) is 0 Å². The third-order valence-electron chi connectivity index (χ3n) is 6.08. The summed E-state index contributed by atoms with van der Waals surface area (Å²) in [5.41, 5.74) is 2.21. The number of nitrogens with zero attached hydrogens (tertiary/aromatic N) is 4. The molecular formula is C22H28N4O2. The Morgan fingerprint density at radius 1 is 0.750 bits per heavy atom. The molecule has 6 heteroatoms. The summed E-state index contributed by atoms with van der Waals surface area (Å²) in [5, 5.41) is 0. The fourth-order valence-corrected chi connectivity index (χ4v) is 4.31. The second-order valence-electron chi connectivity index (χ2n) is 7.85. The molecule has 0 amide bonds. The van der Waals surface area contributed by atoms with E-state index < -0.39 is 0 Å². The molecule has 6 nitrogen and oxygen atoms in total. The largest absolute Gasteiger partial charge is 0.454 e. The molecule has 3 aliphatic heterocycles. The Balaban J connectivity index is 1.16. The van der Waals surface area contributed by atoms with Crippen molar-refractivity contribution in [3.63, 3.8) is 0 Å². The van der Waals surface area contributed by atoms with Gasteiger partial charge in [0, 0.05) is 51.0 Å². The maximum atomic E-state index is 5.48. The fraction of sp³-hybridized carbons (Fsp3) is 0.500. The maximum Gasteiger partial charge on any atom is 0.231 e. The minimum Gasteiger partial charge on any atom is -0.454 e. The van der Waals surface area contributed by atoms with Gasteiger partial charge in [0.25, 0.3) is 0 Å². The van der Waals surface area contributed by atoms with Crippen LogP contribution in [0.2, 0.25) is 0 Å². The van der Waals surface area contributed by atoms with Gasteiger partial charge in [0.15, 0.2) is 11.5 Å². The molecule has 2 saturated heterocycles. The quantitative estimate of drug-likeness (QED) is 0.794. The van der Waals surface area contributed by atoms with Crippen LogP contribution in [0.15, 0.2) is 36.5 Å². The van der Waals surface area contributed by atoms with E-state index in [4.69, 9.17) is 14.5 Å². The van der Waals surface area contributed by atoms with E-state index in [-0.39, 0.29) is 0 Å². The molecule has 2 fully saturated rings. The van der Waals surface area contributed by atoms with Crippen molar-refractivity contribution in [2.24, 2.45) is 0 Å². The van der Waals surface area contributed by atoms with E-state index in [0.717, 1.165) is 54.6 Å². The molecule has 0 N–H and O–H groups in total. The van der Waals surface area contributed by atoms with Gasteiger partial charge < -0.3 is 19.3 Å². The summed E-state index contributed by atoms with van der Waals surface area (Å²) < 4.78 is 10.9. The lowest BCUT2D eigenvalue weighted by Crippen LogP contribution is -2.48. The van der Waals surface area contributed by atoms with Gasteiger partial charge in [-0.05, 0) is 55.8 Å². The van der Waals surface area contributed by atoms with Crippen molar-refractivity contribution in [3.8, 4) is 22.6 Å². The Kier molecular flexibility index (Phi) is 5.06. The number of ether oxygens (including phenoxy) is 2. The number of hydrogen-bond acceptors (Lipinski definition) is 6. The van der Waals surface area contributed by atoms with Crippen LogP contribution in [0.5, 0.6) is 11.5 Å². The van der Waals surface area contributed by atoms with Crippen molar-refractivity contribution >= 4 is 5.82 Å².